The number of halogens is 6. The summed E-state index contributed by atoms with van der Waals surface area (Å²) in [5, 5.41) is 2.44. The third kappa shape index (κ3) is 5.32. The molecule has 4 nitrogen and oxygen atoms in total. The Balaban J connectivity index is 1.73. The van der Waals surface area contributed by atoms with Crippen molar-refractivity contribution in [2.45, 2.75) is 32.7 Å². The summed E-state index contributed by atoms with van der Waals surface area (Å²) in [6, 6.07) is 12.5. The van der Waals surface area contributed by atoms with E-state index in [9.17, 15) is 31.1 Å². The van der Waals surface area contributed by atoms with Crippen LogP contribution in [-0.2, 0) is 18.9 Å². The van der Waals surface area contributed by atoms with E-state index in [1.807, 2.05) is 26.0 Å². The number of alkyl halides is 6. The topological polar surface area (TPSA) is 54.9 Å². The largest absolute Gasteiger partial charge is 0.416 e. The first kappa shape index (κ1) is 25.2. The highest BCUT2D eigenvalue weighted by Crippen LogP contribution is 2.33. The van der Waals surface area contributed by atoms with Crippen molar-refractivity contribution in [3.05, 3.63) is 94.2 Å². The summed E-state index contributed by atoms with van der Waals surface area (Å²) < 4.78 is 78.4. The Labute approximate surface area is 202 Å². The van der Waals surface area contributed by atoms with Crippen molar-refractivity contribution < 1.29 is 31.1 Å². The van der Waals surface area contributed by atoms with Gasteiger partial charge >= 0.3 is 12.4 Å². The lowest BCUT2D eigenvalue weighted by Gasteiger charge is -2.13. The van der Waals surface area contributed by atoms with Crippen LogP contribution in [0.1, 0.15) is 38.3 Å². The molecule has 0 atom stereocenters. The van der Waals surface area contributed by atoms with Gasteiger partial charge in [-0.2, -0.15) is 26.3 Å². The number of aryl methyl sites for hydroxylation is 2. The molecule has 0 saturated carbocycles. The summed E-state index contributed by atoms with van der Waals surface area (Å²) in [5.41, 5.74) is 0.987. The van der Waals surface area contributed by atoms with E-state index >= 15 is 0 Å². The van der Waals surface area contributed by atoms with Gasteiger partial charge in [0.25, 0.3) is 5.91 Å². The standard InChI is InChI=1S/C26H19F6N3O/c1-14-3-6-17(11-15(14)2)23-34-21-10-9-19(26(30,31)32)12-20(21)22(35-23)24(36)33-13-16-4-7-18(8-5-16)25(27,28)29/h3-12H,13H2,1-2H3,(H,33,36). The zero-order valence-corrected chi connectivity index (χ0v) is 19.1. The third-order valence-corrected chi connectivity index (χ3v) is 5.74. The van der Waals surface area contributed by atoms with E-state index in [0.29, 0.717) is 11.1 Å². The Morgan fingerprint density at radius 2 is 1.42 bits per heavy atom. The van der Waals surface area contributed by atoms with Crippen LogP contribution in [0, 0.1) is 13.8 Å². The maximum absolute atomic E-state index is 13.3. The monoisotopic (exact) mass is 503 g/mol. The molecule has 1 N–H and O–H groups in total. The lowest BCUT2D eigenvalue weighted by Crippen LogP contribution is -2.24. The lowest BCUT2D eigenvalue weighted by atomic mass is 10.0. The molecule has 1 heterocycles. The average Bonchev–Trinajstić information content (AvgIpc) is 2.82. The Bertz CT molecular complexity index is 1440. The molecule has 10 heteroatoms. The van der Waals surface area contributed by atoms with Crippen molar-refractivity contribution >= 4 is 16.8 Å². The van der Waals surface area contributed by atoms with Crippen molar-refractivity contribution in [3.63, 3.8) is 0 Å². The maximum atomic E-state index is 13.3. The number of amides is 1. The van der Waals surface area contributed by atoms with Crippen LogP contribution in [0.25, 0.3) is 22.3 Å². The first-order chi connectivity index (χ1) is 16.8. The van der Waals surface area contributed by atoms with Crippen molar-refractivity contribution in [1.82, 2.24) is 15.3 Å². The molecule has 0 aliphatic carbocycles. The second kappa shape index (κ2) is 9.25. The average molecular weight is 503 g/mol. The number of rotatable bonds is 4. The van der Waals surface area contributed by atoms with Gasteiger partial charge in [-0.25, -0.2) is 9.97 Å². The van der Waals surface area contributed by atoms with E-state index in [4.69, 9.17) is 0 Å². The Hall–Kier alpha value is -3.95. The molecule has 0 unspecified atom stereocenters. The van der Waals surface area contributed by atoms with Crippen molar-refractivity contribution in [1.29, 1.82) is 0 Å². The molecule has 186 valence electrons. The molecule has 0 fully saturated rings. The Morgan fingerprint density at radius 3 is 2.03 bits per heavy atom. The molecule has 4 aromatic rings. The van der Waals surface area contributed by atoms with Gasteiger partial charge < -0.3 is 5.32 Å². The Morgan fingerprint density at radius 1 is 0.778 bits per heavy atom. The number of benzene rings is 3. The highest BCUT2D eigenvalue weighted by molar-refractivity contribution is 6.05. The fourth-order valence-corrected chi connectivity index (χ4v) is 3.57. The molecule has 1 amide bonds. The van der Waals surface area contributed by atoms with Crippen LogP contribution in [0.2, 0.25) is 0 Å². The van der Waals surface area contributed by atoms with Gasteiger partial charge in [-0.15, -0.1) is 0 Å². The zero-order valence-electron chi connectivity index (χ0n) is 19.1. The minimum atomic E-state index is -4.64. The molecular weight excluding hydrogens is 484 g/mol. The first-order valence-corrected chi connectivity index (χ1v) is 10.7. The number of carbonyl (C=O) groups is 1. The maximum Gasteiger partial charge on any atom is 0.416 e. The van der Waals surface area contributed by atoms with Crippen molar-refractivity contribution in [2.75, 3.05) is 0 Å². The number of fused-ring (bicyclic) bond motifs is 1. The summed E-state index contributed by atoms with van der Waals surface area (Å²) in [6.07, 6.45) is -9.14. The van der Waals surface area contributed by atoms with Gasteiger partial charge in [-0.1, -0.05) is 24.3 Å². The van der Waals surface area contributed by atoms with E-state index in [1.54, 1.807) is 6.07 Å². The number of hydrogen-bond acceptors (Lipinski definition) is 3. The van der Waals surface area contributed by atoms with Gasteiger partial charge in [-0.05, 0) is 66.9 Å². The van der Waals surface area contributed by atoms with Crippen LogP contribution in [0.3, 0.4) is 0 Å². The molecule has 4 rings (SSSR count). The quantitative estimate of drug-likeness (QED) is 0.309. The molecule has 0 spiro atoms. The fourth-order valence-electron chi connectivity index (χ4n) is 3.57. The fraction of sp³-hybridized carbons (Fsp3) is 0.192. The van der Waals surface area contributed by atoms with Gasteiger partial charge in [0.15, 0.2) is 5.82 Å². The second-order valence-electron chi connectivity index (χ2n) is 8.30. The third-order valence-electron chi connectivity index (χ3n) is 5.74. The van der Waals surface area contributed by atoms with Crippen LogP contribution in [0.4, 0.5) is 26.3 Å². The summed E-state index contributed by atoms with van der Waals surface area (Å²) in [4.78, 5) is 21.7. The van der Waals surface area contributed by atoms with Gasteiger partial charge in [0.2, 0.25) is 0 Å². The van der Waals surface area contributed by atoms with Gasteiger partial charge in [-0.3, -0.25) is 4.79 Å². The van der Waals surface area contributed by atoms with E-state index < -0.39 is 29.4 Å². The summed E-state index contributed by atoms with van der Waals surface area (Å²) in [5.74, 6) is -0.628. The summed E-state index contributed by atoms with van der Waals surface area (Å²) in [6.45, 7) is 3.65. The number of aromatic nitrogens is 2. The van der Waals surface area contributed by atoms with Gasteiger partial charge in [0, 0.05) is 17.5 Å². The normalized spacial score (nSPS) is 12.1. The van der Waals surface area contributed by atoms with Gasteiger partial charge in [0.1, 0.15) is 5.69 Å². The van der Waals surface area contributed by atoms with Crippen LogP contribution >= 0.6 is 0 Å². The highest BCUT2D eigenvalue weighted by atomic mass is 19.4. The Kier molecular flexibility index (Phi) is 6.46. The predicted molar refractivity (Wildman–Crippen MR) is 122 cm³/mol. The van der Waals surface area contributed by atoms with Crippen LogP contribution in [0.15, 0.2) is 60.7 Å². The minimum Gasteiger partial charge on any atom is -0.347 e. The number of nitrogens with zero attached hydrogens (tertiary/aromatic N) is 2. The van der Waals surface area contributed by atoms with E-state index in [1.165, 1.54) is 18.2 Å². The summed E-state index contributed by atoms with van der Waals surface area (Å²) >= 11 is 0. The predicted octanol–water partition coefficient (Wildman–Crippen LogP) is 6.88. The first-order valence-electron chi connectivity index (χ1n) is 10.7. The van der Waals surface area contributed by atoms with E-state index in [2.05, 4.69) is 15.3 Å². The molecule has 0 bridgehead atoms. The molecule has 0 radical (unpaired) electrons. The SMILES string of the molecule is Cc1ccc(-c2nc(C(=O)NCc3ccc(C(F)(F)F)cc3)c3cc(C(F)(F)F)ccc3n2)cc1C. The molecular formula is C26H19F6N3O. The second-order valence-corrected chi connectivity index (χ2v) is 8.30. The minimum absolute atomic E-state index is 0.0951. The van der Waals surface area contributed by atoms with Crippen molar-refractivity contribution in [3.8, 4) is 11.4 Å². The van der Waals surface area contributed by atoms with E-state index in [0.717, 1.165) is 35.4 Å². The smallest absolute Gasteiger partial charge is 0.347 e. The highest BCUT2D eigenvalue weighted by Gasteiger charge is 2.32. The van der Waals surface area contributed by atoms with Crippen LogP contribution in [-0.4, -0.2) is 15.9 Å². The molecule has 1 aromatic heterocycles. The molecule has 0 saturated heterocycles. The number of hydrogen-bond donors (Lipinski definition) is 1. The number of carbonyl (C=O) groups excluding carboxylic acids is 1. The zero-order chi connectivity index (χ0) is 26.3. The molecule has 36 heavy (non-hydrogen) atoms. The van der Waals surface area contributed by atoms with Gasteiger partial charge in [0.05, 0.1) is 16.6 Å². The summed E-state index contributed by atoms with van der Waals surface area (Å²) in [7, 11) is 0. The number of nitrogens with one attached hydrogen (secondary N) is 1. The van der Waals surface area contributed by atoms with Crippen molar-refractivity contribution in [2.24, 2.45) is 0 Å². The molecule has 0 aliphatic heterocycles. The molecule has 0 aliphatic rings. The van der Waals surface area contributed by atoms with E-state index in [-0.39, 0.29) is 29.0 Å². The van der Waals surface area contributed by atoms with Crippen LogP contribution in [0.5, 0.6) is 0 Å². The lowest BCUT2D eigenvalue weighted by molar-refractivity contribution is -0.138. The molecule has 3 aromatic carbocycles. The van der Waals surface area contributed by atoms with Crippen LogP contribution < -0.4 is 5.32 Å².